The minimum absolute atomic E-state index is 0.735. The summed E-state index contributed by atoms with van der Waals surface area (Å²) in [7, 11) is 1.67. The van der Waals surface area contributed by atoms with Gasteiger partial charge < -0.3 is 10.1 Å². The van der Waals surface area contributed by atoms with Crippen LogP contribution < -0.4 is 10.1 Å². The summed E-state index contributed by atoms with van der Waals surface area (Å²) in [5.41, 5.74) is 1.16. The van der Waals surface area contributed by atoms with Crippen LogP contribution in [0.4, 0.5) is 5.13 Å². The maximum Gasteiger partial charge on any atom is 0.202 e. The molecule has 0 saturated heterocycles. The van der Waals surface area contributed by atoms with Crippen LogP contribution in [0.25, 0.3) is 0 Å². The molecular formula is C12H15N3OS. The van der Waals surface area contributed by atoms with Crippen molar-refractivity contribution in [1.29, 1.82) is 0 Å². The highest BCUT2D eigenvalue weighted by molar-refractivity contribution is 7.09. The van der Waals surface area contributed by atoms with E-state index in [2.05, 4.69) is 20.7 Å². The molecule has 0 fully saturated rings. The Morgan fingerprint density at radius 1 is 1.41 bits per heavy atom. The molecule has 0 amide bonds. The summed E-state index contributed by atoms with van der Waals surface area (Å²) in [6, 6.07) is 7.97. The molecule has 0 aliphatic heterocycles. The van der Waals surface area contributed by atoms with Gasteiger partial charge in [0.15, 0.2) is 0 Å². The zero-order chi connectivity index (χ0) is 12.1. The van der Waals surface area contributed by atoms with Crippen LogP contribution in [0.15, 0.2) is 24.3 Å². The Kier molecular flexibility index (Phi) is 3.93. The third-order valence-electron chi connectivity index (χ3n) is 2.29. The minimum atomic E-state index is 0.735. The number of nitrogens with zero attached hydrogens (tertiary/aromatic N) is 2. The van der Waals surface area contributed by atoms with Crippen molar-refractivity contribution in [2.45, 2.75) is 13.3 Å². The van der Waals surface area contributed by atoms with Crippen LogP contribution in [0.5, 0.6) is 5.75 Å². The van der Waals surface area contributed by atoms with Gasteiger partial charge in [0.05, 0.1) is 7.11 Å². The first-order valence-electron chi connectivity index (χ1n) is 5.51. The molecule has 1 heterocycles. The zero-order valence-electron chi connectivity index (χ0n) is 9.93. The van der Waals surface area contributed by atoms with Crippen LogP contribution >= 0.6 is 11.5 Å². The fourth-order valence-electron chi connectivity index (χ4n) is 1.51. The molecule has 1 aromatic carbocycles. The Bertz CT molecular complexity index is 484. The molecule has 0 aliphatic rings. The second kappa shape index (κ2) is 5.63. The largest absolute Gasteiger partial charge is 0.497 e. The maximum atomic E-state index is 5.19. The van der Waals surface area contributed by atoms with Crippen LogP contribution in [-0.2, 0) is 6.42 Å². The number of hydrogen-bond acceptors (Lipinski definition) is 5. The van der Waals surface area contributed by atoms with Crippen molar-refractivity contribution in [2.24, 2.45) is 0 Å². The van der Waals surface area contributed by atoms with Gasteiger partial charge in [0.2, 0.25) is 5.13 Å². The van der Waals surface area contributed by atoms with E-state index in [-0.39, 0.29) is 0 Å². The lowest BCUT2D eigenvalue weighted by Gasteiger charge is -2.01. The number of nitrogens with one attached hydrogen (secondary N) is 1. The molecule has 0 bridgehead atoms. The number of methoxy groups -OCH3 is 1. The van der Waals surface area contributed by atoms with E-state index in [9.17, 15) is 0 Å². The SMILES string of the molecule is CCNc1nc(Cc2cccc(OC)c2)ns1. The predicted octanol–water partition coefficient (Wildman–Crippen LogP) is 2.57. The Morgan fingerprint density at radius 2 is 2.29 bits per heavy atom. The second-order valence-corrected chi connectivity index (χ2v) is 4.33. The first-order chi connectivity index (χ1) is 8.31. The molecule has 5 heteroatoms. The lowest BCUT2D eigenvalue weighted by atomic mass is 10.1. The van der Waals surface area contributed by atoms with E-state index < -0.39 is 0 Å². The highest BCUT2D eigenvalue weighted by Crippen LogP contribution is 2.17. The normalized spacial score (nSPS) is 10.2. The van der Waals surface area contributed by atoms with Crippen molar-refractivity contribution in [3.8, 4) is 5.75 Å². The van der Waals surface area contributed by atoms with Gasteiger partial charge in [0.1, 0.15) is 11.6 Å². The number of aromatic nitrogens is 2. The molecular weight excluding hydrogens is 234 g/mol. The fraction of sp³-hybridized carbons (Fsp3) is 0.333. The molecule has 0 unspecified atom stereocenters. The Balaban J connectivity index is 2.08. The van der Waals surface area contributed by atoms with E-state index in [0.29, 0.717) is 0 Å². The second-order valence-electron chi connectivity index (χ2n) is 3.57. The molecule has 0 spiro atoms. The van der Waals surface area contributed by atoms with Crippen molar-refractivity contribution in [3.05, 3.63) is 35.7 Å². The summed E-state index contributed by atoms with van der Waals surface area (Å²) in [6.07, 6.45) is 0.735. The topological polar surface area (TPSA) is 47.0 Å². The quantitative estimate of drug-likeness (QED) is 0.884. The molecule has 90 valence electrons. The highest BCUT2D eigenvalue weighted by Gasteiger charge is 2.04. The van der Waals surface area contributed by atoms with E-state index in [0.717, 1.165) is 35.2 Å². The molecule has 1 aromatic heterocycles. The van der Waals surface area contributed by atoms with Crippen LogP contribution in [0, 0.1) is 0 Å². The molecule has 0 atom stereocenters. The Labute approximate surface area is 105 Å². The van der Waals surface area contributed by atoms with E-state index in [1.54, 1.807) is 7.11 Å². The fourth-order valence-corrected chi connectivity index (χ4v) is 2.17. The van der Waals surface area contributed by atoms with Crippen molar-refractivity contribution in [2.75, 3.05) is 19.0 Å². The van der Waals surface area contributed by atoms with E-state index in [4.69, 9.17) is 4.74 Å². The van der Waals surface area contributed by atoms with Gasteiger partial charge in [-0.25, -0.2) is 4.98 Å². The summed E-state index contributed by atoms with van der Waals surface area (Å²) < 4.78 is 9.50. The van der Waals surface area contributed by atoms with Crippen LogP contribution in [-0.4, -0.2) is 23.0 Å². The lowest BCUT2D eigenvalue weighted by Crippen LogP contribution is -1.96. The number of anilines is 1. The first kappa shape index (κ1) is 11.9. The molecule has 2 rings (SSSR count). The number of rotatable bonds is 5. The maximum absolute atomic E-state index is 5.19. The van der Waals surface area contributed by atoms with Gasteiger partial charge in [-0.3, -0.25) is 0 Å². The number of hydrogen-bond donors (Lipinski definition) is 1. The average Bonchev–Trinajstić information content (AvgIpc) is 2.77. The minimum Gasteiger partial charge on any atom is -0.497 e. The summed E-state index contributed by atoms with van der Waals surface area (Å²) >= 11 is 1.40. The smallest absolute Gasteiger partial charge is 0.202 e. The molecule has 1 N–H and O–H groups in total. The first-order valence-corrected chi connectivity index (χ1v) is 6.28. The van der Waals surface area contributed by atoms with E-state index in [1.807, 2.05) is 25.1 Å². The van der Waals surface area contributed by atoms with Crippen molar-refractivity contribution in [3.63, 3.8) is 0 Å². The number of ether oxygens (including phenoxy) is 1. The van der Waals surface area contributed by atoms with Crippen LogP contribution in [0.2, 0.25) is 0 Å². The Hall–Kier alpha value is -1.62. The summed E-state index contributed by atoms with van der Waals surface area (Å²) in [5, 5.41) is 4.04. The average molecular weight is 249 g/mol. The van der Waals surface area contributed by atoms with Gasteiger partial charge in [-0.15, -0.1) is 0 Å². The predicted molar refractivity (Wildman–Crippen MR) is 69.9 cm³/mol. The summed E-state index contributed by atoms with van der Waals surface area (Å²) in [5.74, 6) is 1.71. The summed E-state index contributed by atoms with van der Waals surface area (Å²) in [6.45, 7) is 2.91. The monoisotopic (exact) mass is 249 g/mol. The van der Waals surface area contributed by atoms with Gasteiger partial charge in [0, 0.05) is 24.5 Å². The lowest BCUT2D eigenvalue weighted by molar-refractivity contribution is 0.414. The highest BCUT2D eigenvalue weighted by atomic mass is 32.1. The van der Waals surface area contributed by atoms with Gasteiger partial charge >= 0.3 is 0 Å². The van der Waals surface area contributed by atoms with E-state index >= 15 is 0 Å². The van der Waals surface area contributed by atoms with Crippen LogP contribution in [0.1, 0.15) is 18.3 Å². The van der Waals surface area contributed by atoms with Gasteiger partial charge in [-0.05, 0) is 24.6 Å². The zero-order valence-corrected chi connectivity index (χ0v) is 10.8. The third-order valence-corrected chi connectivity index (χ3v) is 3.00. The molecule has 2 aromatic rings. The molecule has 17 heavy (non-hydrogen) atoms. The molecule has 0 radical (unpaired) electrons. The number of benzene rings is 1. The van der Waals surface area contributed by atoms with E-state index in [1.165, 1.54) is 11.5 Å². The van der Waals surface area contributed by atoms with Gasteiger partial charge in [-0.1, -0.05) is 12.1 Å². The van der Waals surface area contributed by atoms with Gasteiger partial charge in [-0.2, -0.15) is 4.37 Å². The molecule has 4 nitrogen and oxygen atoms in total. The van der Waals surface area contributed by atoms with Gasteiger partial charge in [0.25, 0.3) is 0 Å². The molecule has 0 saturated carbocycles. The third kappa shape index (κ3) is 3.17. The van der Waals surface area contributed by atoms with Crippen molar-refractivity contribution < 1.29 is 4.74 Å². The molecule has 0 aliphatic carbocycles. The Morgan fingerprint density at radius 3 is 3.06 bits per heavy atom. The van der Waals surface area contributed by atoms with Crippen LogP contribution in [0.3, 0.4) is 0 Å². The van der Waals surface area contributed by atoms with Crippen molar-refractivity contribution in [1.82, 2.24) is 9.36 Å². The standard InChI is InChI=1S/C12H15N3OS/c1-3-13-12-14-11(15-17-12)8-9-5-4-6-10(7-9)16-2/h4-7H,3,8H2,1-2H3,(H,13,14,15). The van der Waals surface area contributed by atoms with Crippen molar-refractivity contribution >= 4 is 16.7 Å². The summed E-state index contributed by atoms with van der Waals surface area (Å²) in [4.78, 5) is 4.41.